The van der Waals surface area contributed by atoms with Gasteiger partial charge in [-0.25, -0.2) is 4.79 Å². The smallest absolute Gasteiger partial charge is 0.341 e. The number of para-hydroxylation sites is 1. The Kier molecular flexibility index (Phi) is 4.92. The highest BCUT2D eigenvalue weighted by atomic mass is 35.5. The monoisotopic (exact) mass is 202 g/mol. The molecule has 0 N–H and O–H groups in total. The molecular weight excluding hydrogens is 192 g/mol. The van der Waals surface area contributed by atoms with Crippen LogP contribution in [0.15, 0.2) is 24.3 Å². The first-order valence-corrected chi connectivity index (χ1v) is 3.51. The first kappa shape index (κ1) is 11.8. The lowest BCUT2D eigenvalue weighted by Crippen LogP contribution is -2.03. The van der Waals surface area contributed by atoms with E-state index in [1.54, 1.807) is 24.3 Å². The van der Waals surface area contributed by atoms with Gasteiger partial charge in [-0.1, -0.05) is 12.1 Å². The van der Waals surface area contributed by atoms with E-state index in [4.69, 9.17) is 4.74 Å². The van der Waals surface area contributed by atoms with Crippen molar-refractivity contribution in [2.45, 2.75) is 0 Å². The average Bonchev–Trinajstić information content (AvgIpc) is 2.16. The molecule has 13 heavy (non-hydrogen) atoms. The zero-order valence-corrected chi connectivity index (χ0v) is 8.26. The minimum atomic E-state index is -0.382. The lowest BCUT2D eigenvalue weighted by molar-refractivity contribution is 0.0597. The molecule has 0 heterocycles. The van der Waals surface area contributed by atoms with Gasteiger partial charge in [0.1, 0.15) is 11.3 Å². The molecule has 0 saturated heterocycles. The second-order valence-corrected chi connectivity index (χ2v) is 2.19. The number of hydrogen-bond donors (Lipinski definition) is 0. The molecule has 1 aromatic rings. The minimum absolute atomic E-state index is 0. The highest BCUT2D eigenvalue weighted by molar-refractivity contribution is 5.92. The van der Waals surface area contributed by atoms with Crippen LogP contribution in [0.25, 0.3) is 0 Å². The summed E-state index contributed by atoms with van der Waals surface area (Å²) < 4.78 is 9.53. The van der Waals surface area contributed by atoms with Gasteiger partial charge in [0, 0.05) is 0 Å². The molecule has 0 spiro atoms. The van der Waals surface area contributed by atoms with Gasteiger partial charge in [-0.2, -0.15) is 0 Å². The van der Waals surface area contributed by atoms with Crippen LogP contribution in [0.3, 0.4) is 0 Å². The van der Waals surface area contributed by atoms with Crippen LogP contribution in [0.2, 0.25) is 0 Å². The van der Waals surface area contributed by atoms with Crippen LogP contribution in [-0.4, -0.2) is 20.2 Å². The molecule has 0 fully saturated rings. The number of ether oxygens (including phenoxy) is 2. The number of carbonyl (C=O) groups excluding carboxylic acids is 1. The molecule has 0 saturated carbocycles. The summed E-state index contributed by atoms with van der Waals surface area (Å²) in [6, 6.07) is 6.93. The van der Waals surface area contributed by atoms with Crippen molar-refractivity contribution < 1.29 is 14.3 Å². The van der Waals surface area contributed by atoms with Gasteiger partial charge in [0.2, 0.25) is 0 Å². The summed E-state index contributed by atoms with van der Waals surface area (Å²) in [5.74, 6) is 0.150. The second kappa shape index (κ2) is 5.43. The second-order valence-electron chi connectivity index (χ2n) is 2.19. The molecule has 0 unspecified atom stereocenters. The fraction of sp³-hybridized carbons (Fsp3) is 0.222. The molecule has 0 aliphatic heterocycles. The molecule has 72 valence electrons. The number of benzene rings is 1. The van der Waals surface area contributed by atoms with Crippen molar-refractivity contribution in [2.75, 3.05) is 14.2 Å². The zero-order chi connectivity index (χ0) is 8.97. The van der Waals surface area contributed by atoms with Crippen LogP contribution in [0.5, 0.6) is 5.75 Å². The predicted octanol–water partition coefficient (Wildman–Crippen LogP) is 1.90. The van der Waals surface area contributed by atoms with E-state index in [0.717, 1.165) is 0 Å². The third kappa shape index (κ3) is 2.63. The Balaban J connectivity index is 0.00000144. The van der Waals surface area contributed by atoms with E-state index in [1.807, 2.05) is 0 Å². The maximum Gasteiger partial charge on any atom is 0.341 e. The Morgan fingerprint density at radius 1 is 1.23 bits per heavy atom. The van der Waals surface area contributed by atoms with Crippen molar-refractivity contribution in [1.29, 1.82) is 0 Å². The molecular formula is C9H11ClO3. The average molecular weight is 203 g/mol. The van der Waals surface area contributed by atoms with Crippen molar-refractivity contribution in [3.8, 4) is 5.75 Å². The summed E-state index contributed by atoms with van der Waals surface area (Å²) in [7, 11) is 2.86. The molecule has 0 amide bonds. The largest absolute Gasteiger partial charge is 0.496 e. The van der Waals surface area contributed by atoms with E-state index < -0.39 is 0 Å². The lowest BCUT2D eigenvalue weighted by atomic mass is 10.2. The first-order valence-electron chi connectivity index (χ1n) is 3.51. The van der Waals surface area contributed by atoms with E-state index >= 15 is 0 Å². The van der Waals surface area contributed by atoms with Crippen LogP contribution in [-0.2, 0) is 4.74 Å². The molecule has 0 aromatic heterocycles. The van der Waals surface area contributed by atoms with E-state index in [9.17, 15) is 4.79 Å². The fourth-order valence-electron chi connectivity index (χ4n) is 0.923. The number of rotatable bonds is 2. The summed E-state index contributed by atoms with van der Waals surface area (Å²) in [6.07, 6.45) is 0. The number of halogens is 1. The maximum atomic E-state index is 11.1. The maximum absolute atomic E-state index is 11.1. The van der Waals surface area contributed by atoms with Gasteiger partial charge in [-0.05, 0) is 12.1 Å². The van der Waals surface area contributed by atoms with Crippen LogP contribution < -0.4 is 4.74 Å². The molecule has 3 nitrogen and oxygen atoms in total. The Morgan fingerprint density at radius 2 is 1.85 bits per heavy atom. The van der Waals surface area contributed by atoms with Crippen LogP contribution in [0, 0.1) is 0 Å². The van der Waals surface area contributed by atoms with Crippen molar-refractivity contribution >= 4 is 18.4 Å². The normalized spacial score (nSPS) is 8.46. The third-order valence-corrected chi connectivity index (χ3v) is 1.51. The number of methoxy groups -OCH3 is 2. The third-order valence-electron chi connectivity index (χ3n) is 1.51. The van der Waals surface area contributed by atoms with Gasteiger partial charge >= 0.3 is 5.97 Å². The Morgan fingerprint density at radius 3 is 2.38 bits per heavy atom. The SMILES string of the molecule is COC(=O)c1ccccc1OC.Cl. The number of carbonyl (C=O) groups is 1. The van der Waals surface area contributed by atoms with Gasteiger partial charge < -0.3 is 9.47 Å². The molecule has 0 aliphatic carbocycles. The Bertz CT molecular complexity index is 286. The molecule has 0 aliphatic rings. The highest BCUT2D eigenvalue weighted by Gasteiger charge is 2.10. The topological polar surface area (TPSA) is 35.5 Å². The Hall–Kier alpha value is -1.22. The van der Waals surface area contributed by atoms with Crippen molar-refractivity contribution in [1.82, 2.24) is 0 Å². The van der Waals surface area contributed by atoms with Gasteiger partial charge in [0.15, 0.2) is 0 Å². The van der Waals surface area contributed by atoms with Gasteiger partial charge in [-0.3, -0.25) is 0 Å². The van der Waals surface area contributed by atoms with Crippen molar-refractivity contribution in [3.05, 3.63) is 29.8 Å². The summed E-state index contributed by atoms with van der Waals surface area (Å²) >= 11 is 0. The molecule has 0 bridgehead atoms. The molecule has 1 rings (SSSR count). The Labute approximate surface area is 83.1 Å². The van der Waals surface area contributed by atoms with E-state index in [1.165, 1.54) is 14.2 Å². The minimum Gasteiger partial charge on any atom is -0.496 e. The quantitative estimate of drug-likeness (QED) is 0.688. The summed E-state index contributed by atoms with van der Waals surface area (Å²) in [5, 5.41) is 0. The number of hydrogen-bond acceptors (Lipinski definition) is 3. The van der Waals surface area contributed by atoms with Gasteiger partial charge in [0.05, 0.1) is 14.2 Å². The summed E-state index contributed by atoms with van der Waals surface area (Å²) in [5.41, 5.74) is 0.447. The van der Waals surface area contributed by atoms with Crippen molar-refractivity contribution in [2.24, 2.45) is 0 Å². The summed E-state index contributed by atoms with van der Waals surface area (Å²) in [4.78, 5) is 11.1. The molecule has 1 aromatic carbocycles. The van der Waals surface area contributed by atoms with E-state index in [0.29, 0.717) is 11.3 Å². The van der Waals surface area contributed by atoms with E-state index in [2.05, 4.69) is 4.74 Å². The van der Waals surface area contributed by atoms with Crippen LogP contribution >= 0.6 is 12.4 Å². The van der Waals surface area contributed by atoms with Gasteiger partial charge in [0.25, 0.3) is 0 Å². The molecule has 0 atom stereocenters. The molecule has 4 heteroatoms. The highest BCUT2D eigenvalue weighted by Crippen LogP contribution is 2.17. The van der Waals surface area contributed by atoms with Crippen molar-refractivity contribution in [3.63, 3.8) is 0 Å². The van der Waals surface area contributed by atoms with Crippen LogP contribution in [0.1, 0.15) is 10.4 Å². The first-order chi connectivity index (χ1) is 5.79. The van der Waals surface area contributed by atoms with Crippen LogP contribution in [0.4, 0.5) is 0 Å². The summed E-state index contributed by atoms with van der Waals surface area (Å²) in [6.45, 7) is 0. The predicted molar refractivity (Wildman–Crippen MR) is 51.6 cm³/mol. The standard InChI is InChI=1S/C9H10O3.ClH/c1-11-8-6-4-3-5-7(8)9(10)12-2;/h3-6H,1-2H3;1H. The van der Waals surface area contributed by atoms with Gasteiger partial charge in [-0.15, -0.1) is 12.4 Å². The van der Waals surface area contributed by atoms with E-state index in [-0.39, 0.29) is 18.4 Å². The zero-order valence-electron chi connectivity index (χ0n) is 7.44. The molecule has 0 radical (unpaired) electrons. The fourth-order valence-corrected chi connectivity index (χ4v) is 0.923. The number of esters is 1. The lowest BCUT2D eigenvalue weighted by Gasteiger charge is -2.04.